The summed E-state index contributed by atoms with van der Waals surface area (Å²) in [7, 11) is 0. The summed E-state index contributed by atoms with van der Waals surface area (Å²) in [4.78, 5) is 13.0. The van der Waals surface area contributed by atoms with Gasteiger partial charge in [-0.25, -0.2) is 0 Å². The summed E-state index contributed by atoms with van der Waals surface area (Å²) in [5, 5.41) is 13.1. The minimum Gasteiger partial charge on any atom is -0.388 e. The van der Waals surface area contributed by atoms with Crippen LogP contribution in [-0.2, 0) is 9.53 Å². The number of amides is 1. The first-order valence-corrected chi connectivity index (χ1v) is 8.41. The highest BCUT2D eigenvalue weighted by atomic mass is 32.2. The second-order valence-electron chi connectivity index (χ2n) is 5.38. The number of ether oxygens (including phenoxy) is 1. The number of nitrogens with one attached hydrogen (secondary N) is 1. The Hall–Kier alpha value is -1.04. The lowest BCUT2D eigenvalue weighted by Gasteiger charge is -2.32. The van der Waals surface area contributed by atoms with E-state index in [9.17, 15) is 9.90 Å². The molecule has 0 unspecified atom stereocenters. The normalized spacial score (nSPS) is 17.4. The average molecular weight is 309 g/mol. The summed E-state index contributed by atoms with van der Waals surface area (Å²) in [6, 6.07) is 10.2. The predicted octanol–water partition coefficient (Wildman–Crippen LogP) is 2.22. The van der Waals surface area contributed by atoms with Gasteiger partial charge in [-0.1, -0.05) is 18.2 Å². The van der Waals surface area contributed by atoms with Crippen LogP contribution >= 0.6 is 11.8 Å². The molecule has 0 saturated carbocycles. The van der Waals surface area contributed by atoms with Crippen molar-refractivity contribution in [2.24, 2.45) is 0 Å². The zero-order valence-corrected chi connectivity index (χ0v) is 13.0. The molecule has 1 aromatic rings. The minimum absolute atomic E-state index is 0.0172. The standard InChI is InChI=1S/C16H23NO3S/c18-15(17-13-16(19)8-10-20-11-9-16)7-4-12-21-14-5-2-1-3-6-14/h1-3,5-6,19H,4,7-13H2,(H,17,18). The Morgan fingerprint density at radius 1 is 1.29 bits per heavy atom. The molecule has 21 heavy (non-hydrogen) atoms. The molecule has 0 aliphatic carbocycles. The van der Waals surface area contributed by atoms with E-state index >= 15 is 0 Å². The Kier molecular flexibility index (Phi) is 6.54. The molecule has 1 amide bonds. The van der Waals surface area contributed by atoms with Crippen LogP contribution in [-0.4, -0.2) is 42.1 Å². The van der Waals surface area contributed by atoms with E-state index in [1.807, 2.05) is 18.2 Å². The molecule has 1 heterocycles. The van der Waals surface area contributed by atoms with Crippen LogP contribution in [0, 0.1) is 0 Å². The van der Waals surface area contributed by atoms with Gasteiger partial charge in [-0.15, -0.1) is 11.8 Å². The maximum atomic E-state index is 11.8. The van der Waals surface area contributed by atoms with Gasteiger partial charge in [-0.3, -0.25) is 4.79 Å². The second-order valence-corrected chi connectivity index (χ2v) is 6.55. The highest BCUT2D eigenvalue weighted by molar-refractivity contribution is 7.99. The summed E-state index contributed by atoms with van der Waals surface area (Å²) >= 11 is 1.76. The van der Waals surface area contributed by atoms with Crippen LogP contribution in [0.4, 0.5) is 0 Å². The van der Waals surface area contributed by atoms with Gasteiger partial charge in [0, 0.05) is 43.9 Å². The number of carbonyl (C=O) groups is 1. The fourth-order valence-electron chi connectivity index (χ4n) is 2.22. The largest absolute Gasteiger partial charge is 0.388 e. The fraction of sp³-hybridized carbons (Fsp3) is 0.562. The Balaban J connectivity index is 1.57. The number of rotatable bonds is 7. The lowest BCUT2D eigenvalue weighted by atomic mass is 9.94. The van der Waals surface area contributed by atoms with Crippen molar-refractivity contribution >= 4 is 17.7 Å². The first-order chi connectivity index (χ1) is 10.2. The van der Waals surface area contributed by atoms with E-state index in [0.717, 1.165) is 12.2 Å². The van der Waals surface area contributed by atoms with E-state index < -0.39 is 5.60 Å². The minimum atomic E-state index is -0.785. The summed E-state index contributed by atoms with van der Waals surface area (Å²) in [5.74, 6) is 0.943. The number of carbonyl (C=O) groups excluding carboxylic acids is 1. The van der Waals surface area contributed by atoms with Crippen molar-refractivity contribution in [2.45, 2.75) is 36.2 Å². The van der Waals surface area contributed by atoms with E-state index in [1.54, 1.807) is 11.8 Å². The molecule has 0 bridgehead atoms. The molecule has 1 fully saturated rings. The maximum Gasteiger partial charge on any atom is 0.220 e. The molecular formula is C16H23NO3S. The lowest BCUT2D eigenvalue weighted by Crippen LogP contribution is -2.46. The molecule has 0 atom stereocenters. The molecule has 116 valence electrons. The van der Waals surface area contributed by atoms with Crippen molar-refractivity contribution in [3.63, 3.8) is 0 Å². The SMILES string of the molecule is O=C(CCCSc1ccccc1)NCC1(O)CCOCC1. The zero-order chi connectivity index (χ0) is 15.0. The topological polar surface area (TPSA) is 58.6 Å². The van der Waals surface area contributed by atoms with E-state index in [1.165, 1.54) is 4.90 Å². The summed E-state index contributed by atoms with van der Waals surface area (Å²) in [5.41, 5.74) is -0.785. The van der Waals surface area contributed by atoms with Gasteiger partial charge in [0.1, 0.15) is 0 Å². The van der Waals surface area contributed by atoms with Gasteiger partial charge in [0.25, 0.3) is 0 Å². The number of thioether (sulfide) groups is 1. The molecule has 1 saturated heterocycles. The molecule has 1 aliphatic heterocycles. The van der Waals surface area contributed by atoms with Gasteiger partial charge in [-0.05, 0) is 24.3 Å². The number of benzene rings is 1. The van der Waals surface area contributed by atoms with Gasteiger partial charge in [-0.2, -0.15) is 0 Å². The number of aliphatic hydroxyl groups is 1. The molecule has 0 aromatic heterocycles. The van der Waals surface area contributed by atoms with Crippen molar-refractivity contribution in [2.75, 3.05) is 25.5 Å². The monoisotopic (exact) mass is 309 g/mol. The highest BCUT2D eigenvalue weighted by Crippen LogP contribution is 2.20. The molecule has 5 heteroatoms. The summed E-state index contributed by atoms with van der Waals surface area (Å²) < 4.78 is 5.22. The average Bonchev–Trinajstić information content (AvgIpc) is 2.51. The Morgan fingerprint density at radius 3 is 2.71 bits per heavy atom. The van der Waals surface area contributed by atoms with E-state index in [0.29, 0.717) is 39.0 Å². The summed E-state index contributed by atoms with van der Waals surface area (Å²) in [6.07, 6.45) is 2.54. The molecule has 2 rings (SSSR count). The van der Waals surface area contributed by atoms with Crippen LogP contribution in [0.1, 0.15) is 25.7 Å². The third kappa shape index (κ3) is 6.08. The Labute approximate surface area is 130 Å². The van der Waals surface area contributed by atoms with Crippen molar-refractivity contribution in [1.29, 1.82) is 0 Å². The van der Waals surface area contributed by atoms with Gasteiger partial charge in [0.15, 0.2) is 0 Å². The van der Waals surface area contributed by atoms with Crippen molar-refractivity contribution in [3.05, 3.63) is 30.3 Å². The lowest BCUT2D eigenvalue weighted by molar-refractivity contribution is -0.123. The molecular weight excluding hydrogens is 286 g/mol. The third-order valence-electron chi connectivity index (χ3n) is 3.60. The zero-order valence-electron chi connectivity index (χ0n) is 12.2. The van der Waals surface area contributed by atoms with Crippen LogP contribution < -0.4 is 5.32 Å². The Morgan fingerprint density at radius 2 is 2.00 bits per heavy atom. The van der Waals surface area contributed by atoms with Crippen molar-refractivity contribution in [1.82, 2.24) is 5.32 Å². The molecule has 0 radical (unpaired) electrons. The van der Waals surface area contributed by atoms with Crippen LogP contribution in [0.3, 0.4) is 0 Å². The first kappa shape index (κ1) is 16.3. The summed E-state index contributed by atoms with van der Waals surface area (Å²) in [6.45, 7) is 1.47. The van der Waals surface area contributed by atoms with Gasteiger partial charge < -0.3 is 15.2 Å². The fourth-order valence-corrected chi connectivity index (χ4v) is 3.09. The van der Waals surface area contributed by atoms with Crippen LogP contribution in [0.15, 0.2) is 35.2 Å². The Bertz CT molecular complexity index is 432. The smallest absolute Gasteiger partial charge is 0.220 e. The molecule has 0 spiro atoms. The van der Waals surface area contributed by atoms with Crippen LogP contribution in [0.5, 0.6) is 0 Å². The molecule has 1 aromatic carbocycles. The van der Waals surface area contributed by atoms with Crippen molar-refractivity contribution in [3.8, 4) is 0 Å². The van der Waals surface area contributed by atoms with Crippen LogP contribution in [0.2, 0.25) is 0 Å². The molecule has 4 nitrogen and oxygen atoms in total. The van der Waals surface area contributed by atoms with Gasteiger partial charge in [0.2, 0.25) is 5.91 Å². The van der Waals surface area contributed by atoms with Gasteiger partial charge >= 0.3 is 0 Å². The van der Waals surface area contributed by atoms with Crippen molar-refractivity contribution < 1.29 is 14.6 Å². The molecule has 2 N–H and O–H groups in total. The van der Waals surface area contributed by atoms with E-state index in [2.05, 4.69) is 17.4 Å². The maximum absolute atomic E-state index is 11.8. The number of hydrogen-bond donors (Lipinski definition) is 2. The van der Waals surface area contributed by atoms with E-state index in [-0.39, 0.29) is 5.91 Å². The quantitative estimate of drug-likeness (QED) is 0.599. The third-order valence-corrected chi connectivity index (χ3v) is 4.70. The predicted molar refractivity (Wildman–Crippen MR) is 84.4 cm³/mol. The van der Waals surface area contributed by atoms with E-state index in [4.69, 9.17) is 4.74 Å². The first-order valence-electron chi connectivity index (χ1n) is 7.43. The highest BCUT2D eigenvalue weighted by Gasteiger charge is 2.29. The van der Waals surface area contributed by atoms with Gasteiger partial charge in [0.05, 0.1) is 5.60 Å². The van der Waals surface area contributed by atoms with Crippen LogP contribution in [0.25, 0.3) is 0 Å². The molecule has 1 aliphatic rings. The second kappa shape index (κ2) is 8.41. The number of hydrogen-bond acceptors (Lipinski definition) is 4.